The minimum atomic E-state index is -0.863. The van der Waals surface area contributed by atoms with Gasteiger partial charge in [-0.15, -0.1) is 6.42 Å². The van der Waals surface area contributed by atoms with Crippen molar-refractivity contribution < 1.29 is 13.9 Å². The quantitative estimate of drug-likeness (QED) is 0.389. The maximum atomic E-state index is 15.0. The van der Waals surface area contributed by atoms with Gasteiger partial charge in [0, 0.05) is 24.8 Å². The first-order valence-electron chi connectivity index (χ1n) is 10.5. The zero-order valence-electron chi connectivity index (χ0n) is 18.6. The lowest BCUT2D eigenvalue weighted by Crippen LogP contribution is -2.37. The molecule has 3 atom stereocenters. The van der Waals surface area contributed by atoms with E-state index in [9.17, 15) is 0 Å². The second-order valence-electron chi connectivity index (χ2n) is 8.37. The van der Waals surface area contributed by atoms with Crippen molar-refractivity contribution in [2.24, 2.45) is 16.6 Å². The van der Waals surface area contributed by atoms with E-state index in [2.05, 4.69) is 36.2 Å². The van der Waals surface area contributed by atoms with Crippen LogP contribution in [0.2, 0.25) is 0 Å². The summed E-state index contributed by atoms with van der Waals surface area (Å²) in [5.74, 6) is 2.64. The molecule has 1 fully saturated rings. The van der Waals surface area contributed by atoms with Crippen molar-refractivity contribution in [2.75, 3.05) is 25.6 Å². The molecule has 5 rings (SSSR count). The van der Waals surface area contributed by atoms with Crippen LogP contribution in [0, 0.1) is 24.2 Å². The number of halogens is 1. The molecule has 174 valence electrons. The van der Waals surface area contributed by atoms with Gasteiger partial charge in [-0.1, -0.05) is 17.7 Å². The Balaban J connectivity index is 1.48. The molecule has 3 aromatic heterocycles. The number of rotatable bonds is 7. The molecule has 0 radical (unpaired) electrons. The molecular formula is C23H22FN7O2S. The number of terminal acetylenes is 1. The van der Waals surface area contributed by atoms with Crippen molar-refractivity contribution in [1.82, 2.24) is 19.9 Å². The summed E-state index contributed by atoms with van der Waals surface area (Å²) in [6.45, 7) is 2.51. The highest BCUT2D eigenvalue weighted by Crippen LogP contribution is 2.65. The number of thioether (sulfide) groups is 1. The average molecular weight is 480 g/mol. The topological polar surface area (TPSA) is 120 Å². The minimum absolute atomic E-state index is 0.0757. The van der Waals surface area contributed by atoms with Crippen LogP contribution >= 0.6 is 11.8 Å². The van der Waals surface area contributed by atoms with Crippen LogP contribution in [0.25, 0.3) is 11.0 Å². The number of nitrogens with two attached hydrogens (primary N) is 1. The molecule has 2 aliphatic rings. The second-order valence-corrected chi connectivity index (χ2v) is 9.81. The van der Waals surface area contributed by atoms with Gasteiger partial charge < -0.3 is 20.5 Å². The zero-order chi connectivity index (χ0) is 23.9. The zero-order valence-corrected chi connectivity index (χ0v) is 19.4. The van der Waals surface area contributed by atoms with E-state index in [4.69, 9.17) is 21.6 Å². The van der Waals surface area contributed by atoms with Crippen molar-refractivity contribution >= 4 is 39.5 Å². The Morgan fingerprint density at radius 1 is 1.35 bits per heavy atom. The summed E-state index contributed by atoms with van der Waals surface area (Å²) in [6.07, 6.45) is 10.5. The molecule has 34 heavy (non-hydrogen) atoms. The van der Waals surface area contributed by atoms with Crippen molar-refractivity contribution in [3.8, 4) is 18.2 Å². The van der Waals surface area contributed by atoms with Gasteiger partial charge in [0.2, 0.25) is 11.8 Å². The molecule has 0 amide bonds. The number of aromatic nitrogens is 4. The predicted octanol–water partition coefficient (Wildman–Crippen LogP) is 3.00. The number of amidine groups is 1. The van der Waals surface area contributed by atoms with E-state index < -0.39 is 11.5 Å². The standard InChI is InChI=1S/C23H22FN7O2S/c1-4-7-33-17-11-27-18-15(30-17)5-6-26-20(18)29-13-8-14(19(24)28-10-13)22(2)16-9-23(16,12-32-3)34-21(25)31-22/h1,5-6,8,10-11,16H,7,9,12H2,2-3H3,(H2,25,31)(H,26,29)/t16-,22-,23+/m0/s1. The molecular weight excluding hydrogens is 457 g/mol. The van der Waals surface area contributed by atoms with E-state index in [0.29, 0.717) is 45.8 Å². The van der Waals surface area contributed by atoms with Crippen molar-refractivity contribution in [3.05, 3.63) is 42.2 Å². The Morgan fingerprint density at radius 2 is 2.21 bits per heavy atom. The lowest BCUT2D eigenvalue weighted by atomic mass is 9.86. The van der Waals surface area contributed by atoms with E-state index in [1.54, 1.807) is 25.4 Å². The maximum absolute atomic E-state index is 15.0. The number of methoxy groups -OCH3 is 1. The van der Waals surface area contributed by atoms with Gasteiger partial charge in [0.05, 0.1) is 40.5 Å². The number of aliphatic imine (C=N–C) groups is 1. The SMILES string of the molecule is C#CCOc1cnc2c(Nc3cnc(F)c([C@]4(C)N=C(N)S[C@@]5(COC)C[C@H]54)c3)nccc2n1. The normalized spacial score (nSPS) is 25.2. The van der Waals surface area contributed by atoms with E-state index in [1.165, 1.54) is 24.2 Å². The van der Waals surface area contributed by atoms with Gasteiger partial charge in [0.1, 0.15) is 5.52 Å². The number of nitrogens with one attached hydrogen (secondary N) is 1. The summed E-state index contributed by atoms with van der Waals surface area (Å²) in [7, 11) is 1.65. The molecule has 0 saturated heterocycles. The molecule has 3 aromatic rings. The van der Waals surface area contributed by atoms with Gasteiger partial charge in [-0.25, -0.2) is 19.9 Å². The summed E-state index contributed by atoms with van der Waals surface area (Å²) < 4.78 is 25.6. The van der Waals surface area contributed by atoms with E-state index in [0.717, 1.165) is 6.42 Å². The van der Waals surface area contributed by atoms with Crippen LogP contribution in [-0.2, 0) is 10.3 Å². The number of pyridine rings is 2. The van der Waals surface area contributed by atoms with Gasteiger partial charge in [-0.2, -0.15) is 4.39 Å². The van der Waals surface area contributed by atoms with E-state index >= 15 is 4.39 Å². The van der Waals surface area contributed by atoms with Gasteiger partial charge in [-0.3, -0.25) is 4.99 Å². The summed E-state index contributed by atoms with van der Waals surface area (Å²) in [5, 5.41) is 3.60. The first kappa shape index (κ1) is 22.3. The van der Waals surface area contributed by atoms with Gasteiger partial charge in [0.15, 0.2) is 17.6 Å². The third kappa shape index (κ3) is 3.78. The molecule has 0 unspecified atom stereocenters. The van der Waals surface area contributed by atoms with Crippen LogP contribution in [0.15, 0.2) is 35.7 Å². The van der Waals surface area contributed by atoms with Crippen molar-refractivity contribution in [3.63, 3.8) is 0 Å². The second kappa shape index (κ2) is 8.38. The molecule has 0 bridgehead atoms. The average Bonchev–Trinajstić information content (AvgIpc) is 3.54. The number of nitrogens with zero attached hydrogens (tertiary/aromatic N) is 5. The largest absolute Gasteiger partial charge is 0.463 e. The molecule has 0 aromatic carbocycles. The van der Waals surface area contributed by atoms with Gasteiger partial charge >= 0.3 is 0 Å². The number of anilines is 2. The Labute approximate surface area is 199 Å². The van der Waals surface area contributed by atoms with Crippen LogP contribution in [0.4, 0.5) is 15.9 Å². The van der Waals surface area contributed by atoms with E-state index in [-0.39, 0.29) is 17.3 Å². The number of ether oxygens (including phenoxy) is 2. The van der Waals surface area contributed by atoms with Crippen LogP contribution < -0.4 is 15.8 Å². The highest BCUT2D eigenvalue weighted by molar-refractivity contribution is 8.15. The lowest BCUT2D eigenvalue weighted by molar-refractivity contribution is 0.184. The molecule has 0 spiro atoms. The summed E-state index contributed by atoms with van der Waals surface area (Å²) in [4.78, 5) is 21.8. The third-order valence-corrected chi connectivity index (χ3v) is 7.41. The monoisotopic (exact) mass is 479 g/mol. The fourth-order valence-electron chi connectivity index (χ4n) is 4.54. The molecule has 4 heterocycles. The fourth-order valence-corrected chi connectivity index (χ4v) is 5.99. The summed E-state index contributed by atoms with van der Waals surface area (Å²) in [5.41, 5.74) is 7.27. The lowest BCUT2D eigenvalue weighted by Gasteiger charge is -2.33. The van der Waals surface area contributed by atoms with Crippen LogP contribution in [0.5, 0.6) is 5.88 Å². The van der Waals surface area contributed by atoms with Crippen molar-refractivity contribution in [1.29, 1.82) is 0 Å². The summed E-state index contributed by atoms with van der Waals surface area (Å²) in [6, 6.07) is 3.41. The van der Waals surface area contributed by atoms with Crippen LogP contribution in [-0.4, -0.2) is 50.2 Å². The third-order valence-electron chi connectivity index (χ3n) is 6.13. The Kier molecular flexibility index (Phi) is 5.50. The van der Waals surface area contributed by atoms with Gasteiger partial charge in [0.25, 0.3) is 0 Å². The molecule has 1 aliphatic heterocycles. The van der Waals surface area contributed by atoms with Gasteiger partial charge in [-0.05, 0) is 25.5 Å². The highest BCUT2D eigenvalue weighted by atomic mass is 32.2. The summed E-state index contributed by atoms with van der Waals surface area (Å²) >= 11 is 1.50. The maximum Gasteiger partial charge on any atom is 0.233 e. The first-order valence-corrected chi connectivity index (χ1v) is 11.3. The smallest absolute Gasteiger partial charge is 0.233 e. The Bertz CT molecular complexity index is 1350. The van der Waals surface area contributed by atoms with Crippen molar-refractivity contribution in [2.45, 2.75) is 23.6 Å². The Hall–Kier alpha value is -3.49. The fraction of sp³-hybridized carbons (Fsp3) is 0.348. The number of hydrogen-bond donors (Lipinski definition) is 2. The minimum Gasteiger partial charge on any atom is -0.463 e. The Morgan fingerprint density at radius 3 is 3.00 bits per heavy atom. The van der Waals surface area contributed by atoms with E-state index in [1.807, 2.05) is 6.92 Å². The number of hydrogen-bond acceptors (Lipinski definition) is 10. The molecule has 1 saturated carbocycles. The molecule has 1 aliphatic carbocycles. The molecule has 9 nitrogen and oxygen atoms in total. The molecule has 11 heteroatoms. The number of fused-ring (bicyclic) bond motifs is 2. The molecule has 3 N–H and O–H groups in total. The highest BCUT2D eigenvalue weighted by Gasteiger charge is 2.66. The van der Waals surface area contributed by atoms with Crippen LogP contribution in [0.1, 0.15) is 18.9 Å². The first-order chi connectivity index (χ1) is 16.4. The van der Waals surface area contributed by atoms with Crippen LogP contribution in [0.3, 0.4) is 0 Å². The predicted molar refractivity (Wildman–Crippen MR) is 128 cm³/mol.